The van der Waals surface area contributed by atoms with Gasteiger partial charge in [0, 0.05) is 11.6 Å². The first-order valence-electron chi connectivity index (χ1n) is 9.61. The van der Waals surface area contributed by atoms with Crippen LogP contribution in [0.5, 0.6) is 0 Å². The number of rotatable bonds is 4. The van der Waals surface area contributed by atoms with Crippen LogP contribution in [0.2, 0.25) is 0 Å². The van der Waals surface area contributed by atoms with E-state index in [0.717, 1.165) is 22.0 Å². The van der Waals surface area contributed by atoms with E-state index in [0.29, 0.717) is 11.4 Å². The normalized spacial score (nSPS) is 11.9. The minimum Gasteiger partial charge on any atom is -0.361 e. The first-order valence-corrected chi connectivity index (χ1v) is 9.61. The first kappa shape index (κ1) is 21.2. The second-order valence-corrected chi connectivity index (χ2v) is 7.57. The lowest BCUT2D eigenvalue weighted by Gasteiger charge is -2.24. The molecule has 4 rings (SSSR count). The van der Waals surface area contributed by atoms with Gasteiger partial charge in [-0.05, 0) is 61.9 Å². The minimum atomic E-state index is -4.52. The largest absolute Gasteiger partial charge is 0.435 e. The molecule has 0 aliphatic carbocycles. The first-order chi connectivity index (χ1) is 15.2. The molecular formula is C23H17F3N6. The Labute approximate surface area is 182 Å². The molecule has 0 aliphatic rings. The van der Waals surface area contributed by atoms with Crippen molar-refractivity contribution in [1.82, 2.24) is 24.7 Å². The molecule has 0 saturated heterocycles. The van der Waals surface area contributed by atoms with Crippen molar-refractivity contribution in [3.63, 3.8) is 0 Å². The van der Waals surface area contributed by atoms with Crippen LogP contribution in [0.4, 0.5) is 19.0 Å². The second-order valence-electron chi connectivity index (χ2n) is 7.57. The molecule has 0 aliphatic heterocycles. The quantitative estimate of drug-likeness (QED) is 0.391. The highest BCUT2D eigenvalue weighted by Gasteiger charge is 2.34. The van der Waals surface area contributed by atoms with Crippen LogP contribution >= 0.6 is 0 Å². The summed E-state index contributed by atoms with van der Waals surface area (Å²) in [5, 5.41) is 3.60. The Morgan fingerprint density at radius 3 is 2.31 bits per heavy atom. The molecule has 0 saturated carbocycles. The lowest BCUT2D eigenvalue weighted by atomic mass is 9.84. The molecule has 9 heteroatoms. The van der Waals surface area contributed by atoms with E-state index in [1.54, 1.807) is 36.5 Å². The van der Waals surface area contributed by atoms with Gasteiger partial charge in [-0.15, -0.1) is 4.98 Å². The molecule has 0 radical (unpaired) electrons. The smallest absolute Gasteiger partial charge is 0.361 e. The zero-order valence-corrected chi connectivity index (χ0v) is 17.2. The number of alkyl halides is 3. The summed E-state index contributed by atoms with van der Waals surface area (Å²) in [6, 6.07) is 15.1. The minimum absolute atomic E-state index is 0.276. The van der Waals surface area contributed by atoms with E-state index in [-0.39, 0.29) is 11.6 Å². The van der Waals surface area contributed by atoms with Crippen molar-refractivity contribution in [2.45, 2.75) is 25.4 Å². The van der Waals surface area contributed by atoms with Crippen LogP contribution < -0.4 is 0 Å². The van der Waals surface area contributed by atoms with Gasteiger partial charge in [0.1, 0.15) is 6.20 Å². The number of pyridine rings is 3. The summed E-state index contributed by atoms with van der Waals surface area (Å²) in [6.45, 7) is 11.0. The Balaban J connectivity index is 1.71. The van der Waals surface area contributed by atoms with E-state index in [1.165, 1.54) is 6.20 Å². The van der Waals surface area contributed by atoms with Gasteiger partial charge in [0.05, 0.1) is 17.1 Å². The fraction of sp³-hybridized carbons (Fsp3) is 0.174. The average Bonchev–Trinajstić information content (AvgIpc) is 3.30. The van der Waals surface area contributed by atoms with Crippen molar-refractivity contribution in [2.24, 2.45) is 0 Å². The molecule has 4 heterocycles. The van der Waals surface area contributed by atoms with Crippen LogP contribution in [0.1, 0.15) is 30.9 Å². The lowest BCUT2D eigenvalue weighted by molar-refractivity contribution is -0.141. The second kappa shape index (κ2) is 7.89. The maximum atomic E-state index is 12.9. The van der Waals surface area contributed by atoms with Crippen molar-refractivity contribution in [3.05, 3.63) is 95.5 Å². The highest BCUT2D eigenvalue weighted by atomic mass is 19.4. The van der Waals surface area contributed by atoms with E-state index in [4.69, 9.17) is 11.6 Å². The van der Waals surface area contributed by atoms with Crippen molar-refractivity contribution >= 4 is 5.82 Å². The molecule has 0 amide bonds. The Morgan fingerprint density at radius 1 is 0.906 bits per heavy atom. The predicted molar refractivity (Wildman–Crippen MR) is 112 cm³/mol. The van der Waals surface area contributed by atoms with Gasteiger partial charge in [0.2, 0.25) is 0 Å². The molecule has 0 aromatic carbocycles. The fourth-order valence-electron chi connectivity index (χ4n) is 3.22. The van der Waals surface area contributed by atoms with E-state index in [1.807, 2.05) is 32.0 Å². The van der Waals surface area contributed by atoms with Crippen molar-refractivity contribution in [3.8, 4) is 17.1 Å². The average molecular weight is 434 g/mol. The fourth-order valence-corrected chi connectivity index (χ4v) is 3.22. The summed E-state index contributed by atoms with van der Waals surface area (Å²) in [6.07, 6.45) is -1.72. The molecule has 4 aromatic heterocycles. The standard InChI is InChI=1S/C23H17F3N6/c1-22(2,17-7-4-6-16(29-17)15-10-12-28-20(14-15)27-3)18-8-5-9-21(30-18)32-13-11-19(31-32)23(24,25)26/h4-14H,1-2H3. The monoisotopic (exact) mass is 434 g/mol. The Bertz CT molecular complexity index is 1320. The molecular weight excluding hydrogens is 417 g/mol. The molecule has 0 N–H and O–H groups in total. The van der Waals surface area contributed by atoms with Crippen molar-refractivity contribution < 1.29 is 13.2 Å². The summed E-state index contributed by atoms with van der Waals surface area (Å²) < 4.78 is 39.8. The van der Waals surface area contributed by atoms with E-state index >= 15 is 0 Å². The highest BCUT2D eigenvalue weighted by molar-refractivity contribution is 5.63. The van der Waals surface area contributed by atoms with E-state index in [9.17, 15) is 13.2 Å². The predicted octanol–water partition coefficient (Wildman–Crippen LogP) is 5.62. The molecule has 32 heavy (non-hydrogen) atoms. The molecule has 0 fully saturated rings. The zero-order valence-electron chi connectivity index (χ0n) is 17.2. The number of aromatic nitrogens is 5. The van der Waals surface area contributed by atoms with Crippen LogP contribution in [0.3, 0.4) is 0 Å². The summed E-state index contributed by atoms with van der Waals surface area (Å²) in [7, 11) is 0. The van der Waals surface area contributed by atoms with Gasteiger partial charge in [0.25, 0.3) is 5.82 Å². The third-order valence-corrected chi connectivity index (χ3v) is 5.03. The Kier molecular flexibility index (Phi) is 5.22. The molecule has 0 bridgehead atoms. The summed E-state index contributed by atoms with van der Waals surface area (Å²) in [4.78, 5) is 16.7. The van der Waals surface area contributed by atoms with Crippen molar-refractivity contribution in [2.75, 3.05) is 0 Å². The number of hydrogen-bond acceptors (Lipinski definition) is 4. The molecule has 160 valence electrons. The van der Waals surface area contributed by atoms with Crippen molar-refractivity contribution in [1.29, 1.82) is 0 Å². The Morgan fingerprint density at radius 2 is 1.62 bits per heavy atom. The third kappa shape index (κ3) is 4.07. The van der Waals surface area contributed by atoms with Crippen LogP contribution in [0, 0.1) is 6.57 Å². The molecule has 0 unspecified atom stereocenters. The number of hydrogen-bond donors (Lipinski definition) is 0. The maximum Gasteiger partial charge on any atom is 0.435 e. The SMILES string of the molecule is [C-]#[N+]c1cc(-c2cccc(C(C)(C)c3cccc(-n4ccc(C(F)(F)F)n4)n3)n2)ccn1. The van der Waals surface area contributed by atoms with Gasteiger partial charge >= 0.3 is 6.18 Å². The summed E-state index contributed by atoms with van der Waals surface area (Å²) in [5.41, 5.74) is 1.16. The third-order valence-electron chi connectivity index (χ3n) is 5.03. The molecule has 0 spiro atoms. The van der Waals surface area contributed by atoms with Gasteiger partial charge in [-0.1, -0.05) is 18.7 Å². The van der Waals surface area contributed by atoms with Crippen LogP contribution in [0.25, 0.3) is 21.9 Å². The number of halogens is 3. The highest BCUT2D eigenvalue weighted by Crippen LogP contribution is 2.32. The van der Waals surface area contributed by atoms with Gasteiger partial charge in [-0.25, -0.2) is 9.67 Å². The van der Waals surface area contributed by atoms with Crippen LogP contribution in [-0.2, 0) is 11.6 Å². The number of nitrogens with zero attached hydrogens (tertiary/aromatic N) is 6. The van der Waals surface area contributed by atoms with Gasteiger partial charge in [0.15, 0.2) is 11.5 Å². The zero-order chi connectivity index (χ0) is 22.9. The molecule has 4 aromatic rings. The van der Waals surface area contributed by atoms with Gasteiger partial charge in [-0.2, -0.15) is 18.3 Å². The lowest BCUT2D eigenvalue weighted by Crippen LogP contribution is -2.23. The van der Waals surface area contributed by atoms with Gasteiger partial charge < -0.3 is 4.85 Å². The molecule has 6 nitrogen and oxygen atoms in total. The van der Waals surface area contributed by atoms with E-state index in [2.05, 4.69) is 19.9 Å². The van der Waals surface area contributed by atoms with E-state index < -0.39 is 17.3 Å². The van der Waals surface area contributed by atoms with Gasteiger partial charge in [-0.3, -0.25) is 4.98 Å². The molecule has 0 atom stereocenters. The summed E-state index contributed by atoms with van der Waals surface area (Å²) >= 11 is 0. The summed E-state index contributed by atoms with van der Waals surface area (Å²) in [5.74, 6) is 0.554. The van der Waals surface area contributed by atoms with Crippen LogP contribution in [-0.4, -0.2) is 24.7 Å². The Hall–Kier alpha value is -4.06. The maximum absolute atomic E-state index is 12.9. The van der Waals surface area contributed by atoms with Crippen LogP contribution in [0.15, 0.2) is 67.0 Å². The topological polar surface area (TPSA) is 60.9 Å².